The van der Waals surface area contributed by atoms with Crippen molar-refractivity contribution in [3.05, 3.63) is 65.5 Å². The van der Waals surface area contributed by atoms with E-state index in [9.17, 15) is 18.3 Å². The van der Waals surface area contributed by atoms with Crippen molar-refractivity contribution >= 4 is 0 Å². The molecule has 0 aliphatic rings. The molecule has 0 bridgehead atoms. The van der Waals surface area contributed by atoms with Crippen LogP contribution in [0.3, 0.4) is 0 Å². The largest absolute Gasteiger partial charge is 0.416 e. The summed E-state index contributed by atoms with van der Waals surface area (Å²) in [7, 11) is 0. The fourth-order valence-corrected chi connectivity index (χ4v) is 1.59. The molecule has 0 fully saturated rings. The summed E-state index contributed by atoms with van der Waals surface area (Å²) >= 11 is 0. The standard InChI is InChI=1S/C13H10F3NO/c14-13(15,16)10-5-3-4-9(8-10)12(18)11-6-1-2-7-17-11/h1-8,12,18H/t12-/m1/s1. The molecule has 0 spiro atoms. The fraction of sp³-hybridized carbons (Fsp3) is 0.154. The summed E-state index contributed by atoms with van der Waals surface area (Å²) in [6.45, 7) is 0. The number of nitrogens with zero attached hydrogens (tertiary/aromatic N) is 1. The molecule has 1 aromatic heterocycles. The zero-order valence-corrected chi connectivity index (χ0v) is 9.22. The molecule has 2 nitrogen and oxygen atoms in total. The van der Waals surface area contributed by atoms with E-state index in [1.54, 1.807) is 18.2 Å². The number of pyridine rings is 1. The molecule has 0 radical (unpaired) electrons. The highest BCUT2D eigenvalue weighted by Gasteiger charge is 2.31. The molecule has 2 aromatic rings. The predicted molar refractivity (Wildman–Crippen MR) is 59.7 cm³/mol. The lowest BCUT2D eigenvalue weighted by atomic mass is 10.0. The van der Waals surface area contributed by atoms with Crippen LogP contribution in [0.4, 0.5) is 13.2 Å². The van der Waals surface area contributed by atoms with Gasteiger partial charge in [0.05, 0.1) is 11.3 Å². The van der Waals surface area contributed by atoms with Gasteiger partial charge in [-0.25, -0.2) is 0 Å². The van der Waals surface area contributed by atoms with E-state index in [4.69, 9.17) is 0 Å². The van der Waals surface area contributed by atoms with E-state index in [0.717, 1.165) is 12.1 Å². The number of alkyl halides is 3. The molecule has 1 aromatic carbocycles. The van der Waals surface area contributed by atoms with Gasteiger partial charge in [-0.15, -0.1) is 0 Å². The smallest absolute Gasteiger partial charge is 0.382 e. The van der Waals surface area contributed by atoms with E-state index in [1.165, 1.54) is 18.3 Å². The van der Waals surface area contributed by atoms with Crippen LogP contribution in [-0.4, -0.2) is 10.1 Å². The van der Waals surface area contributed by atoms with Gasteiger partial charge < -0.3 is 5.11 Å². The number of rotatable bonds is 2. The van der Waals surface area contributed by atoms with Crippen LogP contribution in [0.25, 0.3) is 0 Å². The van der Waals surface area contributed by atoms with Gasteiger partial charge in [0.1, 0.15) is 6.10 Å². The summed E-state index contributed by atoms with van der Waals surface area (Å²) in [5.74, 6) is 0. The third kappa shape index (κ3) is 2.68. The third-order valence-electron chi connectivity index (χ3n) is 2.50. The number of hydrogen-bond donors (Lipinski definition) is 1. The number of aromatic nitrogens is 1. The number of aliphatic hydroxyl groups excluding tert-OH is 1. The molecule has 5 heteroatoms. The van der Waals surface area contributed by atoms with Gasteiger partial charge in [-0.3, -0.25) is 4.98 Å². The van der Waals surface area contributed by atoms with Gasteiger partial charge in [0, 0.05) is 6.20 Å². The Kier molecular flexibility index (Phi) is 3.34. The van der Waals surface area contributed by atoms with E-state index >= 15 is 0 Å². The van der Waals surface area contributed by atoms with Crippen LogP contribution in [0.5, 0.6) is 0 Å². The molecule has 2 rings (SSSR count). The van der Waals surface area contributed by atoms with E-state index in [1.807, 2.05) is 0 Å². The maximum absolute atomic E-state index is 12.5. The molecule has 0 aliphatic carbocycles. The van der Waals surface area contributed by atoms with Crippen LogP contribution in [0, 0.1) is 0 Å². The molecule has 0 saturated carbocycles. The number of hydrogen-bond acceptors (Lipinski definition) is 2. The first-order valence-corrected chi connectivity index (χ1v) is 5.24. The fourth-order valence-electron chi connectivity index (χ4n) is 1.59. The Morgan fingerprint density at radius 1 is 1.06 bits per heavy atom. The molecule has 18 heavy (non-hydrogen) atoms. The quantitative estimate of drug-likeness (QED) is 0.891. The Morgan fingerprint density at radius 2 is 1.83 bits per heavy atom. The topological polar surface area (TPSA) is 33.1 Å². The molecule has 0 saturated heterocycles. The van der Waals surface area contributed by atoms with E-state index in [-0.39, 0.29) is 5.56 Å². The van der Waals surface area contributed by atoms with Crippen LogP contribution in [0.15, 0.2) is 48.7 Å². The van der Waals surface area contributed by atoms with Gasteiger partial charge in [0.25, 0.3) is 0 Å². The number of benzene rings is 1. The van der Waals surface area contributed by atoms with Crippen LogP contribution < -0.4 is 0 Å². The minimum Gasteiger partial charge on any atom is -0.382 e. The second-order valence-corrected chi connectivity index (χ2v) is 3.78. The Morgan fingerprint density at radius 3 is 2.44 bits per heavy atom. The summed E-state index contributed by atoms with van der Waals surface area (Å²) in [6, 6.07) is 9.50. The van der Waals surface area contributed by atoms with Crippen molar-refractivity contribution in [3.8, 4) is 0 Å². The second-order valence-electron chi connectivity index (χ2n) is 3.78. The lowest BCUT2D eigenvalue weighted by Gasteiger charge is -2.13. The molecule has 1 heterocycles. The first-order chi connectivity index (χ1) is 8.48. The van der Waals surface area contributed by atoms with Gasteiger partial charge in [0.15, 0.2) is 0 Å². The van der Waals surface area contributed by atoms with Crippen molar-refractivity contribution in [2.24, 2.45) is 0 Å². The van der Waals surface area contributed by atoms with Gasteiger partial charge in [-0.1, -0.05) is 18.2 Å². The molecular weight excluding hydrogens is 243 g/mol. The normalized spacial score (nSPS) is 13.3. The first kappa shape index (κ1) is 12.6. The number of halogens is 3. The first-order valence-electron chi connectivity index (χ1n) is 5.24. The molecule has 94 valence electrons. The van der Waals surface area contributed by atoms with E-state index < -0.39 is 17.8 Å². The second kappa shape index (κ2) is 4.78. The maximum Gasteiger partial charge on any atom is 0.416 e. The summed E-state index contributed by atoms with van der Waals surface area (Å²) in [5, 5.41) is 9.95. The van der Waals surface area contributed by atoms with Crippen molar-refractivity contribution in [3.63, 3.8) is 0 Å². The SMILES string of the molecule is O[C@H](c1cccc(C(F)(F)F)c1)c1ccccn1. The average molecular weight is 253 g/mol. The highest BCUT2D eigenvalue weighted by Crippen LogP contribution is 2.31. The van der Waals surface area contributed by atoms with Crippen molar-refractivity contribution in [2.45, 2.75) is 12.3 Å². The Bertz CT molecular complexity index is 525. The Balaban J connectivity index is 2.35. The monoisotopic (exact) mass is 253 g/mol. The zero-order valence-electron chi connectivity index (χ0n) is 9.22. The average Bonchev–Trinajstić information content (AvgIpc) is 2.38. The summed E-state index contributed by atoms with van der Waals surface area (Å²) in [5.41, 5.74) is -0.296. The number of aliphatic hydroxyl groups is 1. The van der Waals surface area contributed by atoms with E-state index in [2.05, 4.69) is 4.98 Å². The molecule has 0 aliphatic heterocycles. The Labute approximate surface area is 102 Å². The van der Waals surface area contributed by atoms with Crippen LogP contribution in [0.1, 0.15) is 22.9 Å². The van der Waals surface area contributed by atoms with Gasteiger partial charge in [-0.2, -0.15) is 13.2 Å². The van der Waals surface area contributed by atoms with Crippen molar-refractivity contribution in [2.75, 3.05) is 0 Å². The van der Waals surface area contributed by atoms with Gasteiger partial charge in [-0.05, 0) is 29.8 Å². The van der Waals surface area contributed by atoms with E-state index in [0.29, 0.717) is 5.69 Å². The van der Waals surface area contributed by atoms with Gasteiger partial charge in [0.2, 0.25) is 0 Å². The summed E-state index contributed by atoms with van der Waals surface area (Å²) < 4.78 is 37.6. The summed E-state index contributed by atoms with van der Waals surface area (Å²) in [6.07, 6.45) is -4.10. The summed E-state index contributed by atoms with van der Waals surface area (Å²) in [4.78, 5) is 3.92. The predicted octanol–water partition coefficient (Wildman–Crippen LogP) is 3.18. The maximum atomic E-state index is 12.5. The highest BCUT2D eigenvalue weighted by atomic mass is 19.4. The minimum absolute atomic E-state index is 0.170. The third-order valence-corrected chi connectivity index (χ3v) is 2.50. The van der Waals surface area contributed by atoms with Gasteiger partial charge >= 0.3 is 6.18 Å². The molecule has 1 N–H and O–H groups in total. The Hall–Kier alpha value is -1.88. The van der Waals surface area contributed by atoms with Crippen LogP contribution in [0.2, 0.25) is 0 Å². The van der Waals surface area contributed by atoms with Crippen molar-refractivity contribution < 1.29 is 18.3 Å². The molecule has 1 atom stereocenters. The minimum atomic E-state index is -4.42. The zero-order chi connectivity index (χ0) is 13.2. The molecule has 0 unspecified atom stereocenters. The lowest BCUT2D eigenvalue weighted by molar-refractivity contribution is -0.137. The van der Waals surface area contributed by atoms with Crippen LogP contribution >= 0.6 is 0 Å². The highest BCUT2D eigenvalue weighted by molar-refractivity contribution is 5.31. The molecule has 0 amide bonds. The van der Waals surface area contributed by atoms with Crippen molar-refractivity contribution in [1.82, 2.24) is 4.98 Å². The van der Waals surface area contributed by atoms with Crippen LogP contribution in [-0.2, 0) is 6.18 Å². The lowest BCUT2D eigenvalue weighted by Crippen LogP contribution is -2.08. The van der Waals surface area contributed by atoms with Crippen molar-refractivity contribution in [1.29, 1.82) is 0 Å². The molecular formula is C13H10F3NO.